The molecular weight excluding hydrogens is 1930 g/mol. The van der Waals surface area contributed by atoms with Crippen molar-refractivity contribution in [2.45, 2.75) is 150 Å². The van der Waals surface area contributed by atoms with Gasteiger partial charge in [-0.3, -0.25) is 0 Å². The lowest BCUT2D eigenvalue weighted by molar-refractivity contribution is 0.922. The van der Waals surface area contributed by atoms with Crippen molar-refractivity contribution in [3.63, 3.8) is 0 Å². The van der Waals surface area contributed by atoms with Crippen molar-refractivity contribution < 1.29 is 0 Å². The van der Waals surface area contributed by atoms with Crippen LogP contribution < -0.4 is 16.0 Å². The summed E-state index contributed by atoms with van der Waals surface area (Å²) >= 11 is 17.9. The Morgan fingerprint density at radius 3 is 0.674 bits per heavy atom. The molecule has 0 radical (unpaired) electrons. The number of hydrogen-bond acceptors (Lipinski definition) is 3. The first kappa shape index (κ1) is 98.1. The molecule has 0 saturated carbocycles. The number of rotatable bonds is 21. The number of hydrogen-bond donors (Lipinski definition) is 2. The fraction of sp³-hybridized carbons (Fsp3) is 0.177. The maximum absolute atomic E-state index is 5.67. The van der Waals surface area contributed by atoms with E-state index in [4.69, 9.17) is 5.73 Å². The molecule has 0 aromatic heterocycles. The third-order valence-corrected chi connectivity index (χ3v) is 27.4. The second-order valence-electron chi connectivity index (χ2n) is 34.9. The van der Waals surface area contributed by atoms with E-state index in [2.05, 4.69) is 521 Å². The van der Waals surface area contributed by atoms with Crippen molar-refractivity contribution in [1.29, 1.82) is 0 Å². The zero-order valence-corrected chi connectivity index (χ0v) is 85.9. The van der Waals surface area contributed by atoms with Gasteiger partial charge in [0.25, 0.3) is 0 Å². The largest absolute Gasteiger partial charge is 0.399 e. The SMILES string of the molecule is C.CCCc1ccc(-c2ccc(N(c3ccc(-c4ccc(Br)cc4)cc3)c3ccc(-c4cc(C)c(-c5ccc(Br)cc5C)cc4C)c(C)c3)cc2)cc1.CCCc1ccc(-c2ccc(N)cc2)cc1.CCCc1ccc(-c2ccc(Nc3ccc(-c4cc(C)c(-c5ccc(Br)cc5C)cc4C)c(C)c3)cc2)cc1.Cc1cc(Br)ccc1-c1cc(C)c(-c2ccc(Br)cc2C)cc1C. The van der Waals surface area contributed by atoms with Gasteiger partial charge in [-0.05, 0) is 431 Å². The number of benzene rings is 17. The number of nitrogens with one attached hydrogen (secondary N) is 1. The van der Waals surface area contributed by atoms with Crippen LogP contribution >= 0.6 is 79.6 Å². The van der Waals surface area contributed by atoms with Gasteiger partial charge in [-0.15, -0.1) is 0 Å². The minimum atomic E-state index is 0. The summed E-state index contributed by atoms with van der Waals surface area (Å²) in [6, 6.07) is 123. The first-order valence-electron chi connectivity index (χ1n) is 45.5. The summed E-state index contributed by atoms with van der Waals surface area (Å²) < 4.78 is 5.56. The monoisotopic (exact) mass is 2050 g/mol. The van der Waals surface area contributed by atoms with Crippen LogP contribution in [0.3, 0.4) is 0 Å². The summed E-state index contributed by atoms with van der Waals surface area (Å²) in [6.07, 6.45) is 6.94. The van der Waals surface area contributed by atoms with Crippen molar-refractivity contribution in [3.8, 4) is 111 Å². The molecule has 17 aromatic rings. The van der Waals surface area contributed by atoms with Gasteiger partial charge in [0.05, 0.1) is 0 Å². The lowest BCUT2D eigenvalue weighted by atomic mass is 9.89. The molecule has 666 valence electrons. The van der Waals surface area contributed by atoms with E-state index in [1.54, 1.807) is 0 Å². The van der Waals surface area contributed by atoms with Gasteiger partial charge in [0.2, 0.25) is 0 Å². The smallest absolute Gasteiger partial charge is 0.0464 e. The second-order valence-corrected chi connectivity index (χ2v) is 39.5. The molecule has 0 spiro atoms. The third-order valence-electron chi connectivity index (χ3n) is 24.9. The summed E-state index contributed by atoms with van der Waals surface area (Å²) in [4.78, 5) is 2.37. The number of halogens is 5. The first-order valence-corrected chi connectivity index (χ1v) is 49.5. The Kier molecular flexibility index (Phi) is 33.7. The molecule has 0 saturated heterocycles. The van der Waals surface area contributed by atoms with E-state index in [1.807, 2.05) is 12.1 Å². The van der Waals surface area contributed by atoms with E-state index in [0.717, 1.165) is 82.2 Å². The highest BCUT2D eigenvalue weighted by Crippen LogP contribution is 2.44. The van der Waals surface area contributed by atoms with Crippen molar-refractivity contribution in [2.75, 3.05) is 16.0 Å². The highest BCUT2D eigenvalue weighted by Gasteiger charge is 2.21. The normalized spacial score (nSPS) is 10.9. The van der Waals surface area contributed by atoms with E-state index in [9.17, 15) is 0 Å². The standard InChI is InChI=1S/C49H43Br2N.C37H36BrN.C22H20Br2.C15H17N.CH4/c1-6-7-36-8-10-37(11-9-36)39-14-21-43(22-15-39)52(44-23-16-40(17-24-44)38-12-18-41(50)19-13-38)45-25-27-47(33(3)29-45)49-31-34(4)48(30-35(49)5)46-26-20-42(51)28-32(46)2;1-6-7-28-8-10-29(11-9-28)30-12-15-32(16-13-30)39-33-17-19-35(25(3)21-33)37-23-26(4)36(22-27(37)5)34-18-14-31(38)20-24(34)2;1-13-9-17(23)5-7-19(13)21-11-16(4)22(12-15(21)3)20-8-6-18(24)10-14(20)2;1-2-3-12-4-6-13(7-5-12)14-8-10-15(16)11-9-14;/h8-31H,6-7H2,1-5H3;8-23,39H,6-7H2,1-5H3;5-12H,1-4H3;4-11H,2-3,16H2,1H3;1H4. The molecule has 3 nitrogen and oxygen atoms in total. The maximum atomic E-state index is 5.67. The van der Waals surface area contributed by atoms with E-state index in [-0.39, 0.29) is 7.43 Å². The van der Waals surface area contributed by atoms with Crippen molar-refractivity contribution in [3.05, 3.63) is 446 Å². The number of nitrogens with two attached hydrogens (primary N) is 1. The molecule has 0 fully saturated rings. The Bertz CT molecular complexity index is 6770. The van der Waals surface area contributed by atoms with E-state index in [1.165, 1.54) is 208 Å². The molecule has 0 amide bonds. The minimum Gasteiger partial charge on any atom is -0.399 e. The van der Waals surface area contributed by atoms with Crippen molar-refractivity contribution in [1.82, 2.24) is 0 Å². The topological polar surface area (TPSA) is 41.3 Å². The fourth-order valence-electron chi connectivity index (χ4n) is 17.8. The van der Waals surface area contributed by atoms with Crippen LogP contribution in [0.15, 0.2) is 362 Å². The van der Waals surface area contributed by atoms with Crippen LogP contribution in [-0.4, -0.2) is 0 Å². The minimum absolute atomic E-state index is 0. The predicted octanol–water partition coefficient (Wildman–Crippen LogP) is 39.2. The van der Waals surface area contributed by atoms with Crippen LogP contribution in [0.25, 0.3) is 111 Å². The zero-order valence-electron chi connectivity index (χ0n) is 78.0. The molecule has 0 aliphatic carbocycles. The van der Waals surface area contributed by atoms with Crippen molar-refractivity contribution in [2.24, 2.45) is 0 Å². The van der Waals surface area contributed by atoms with Gasteiger partial charge in [0.15, 0.2) is 0 Å². The Labute approximate surface area is 828 Å². The molecule has 0 heterocycles. The quantitative estimate of drug-likeness (QED) is 0.0705. The predicted molar refractivity (Wildman–Crippen MR) is 593 cm³/mol. The van der Waals surface area contributed by atoms with Crippen LogP contribution in [0.4, 0.5) is 34.1 Å². The number of nitrogens with zero attached hydrogens (tertiary/aromatic N) is 1. The van der Waals surface area contributed by atoms with Crippen LogP contribution in [0.1, 0.15) is 131 Å². The van der Waals surface area contributed by atoms with Crippen LogP contribution in [0.2, 0.25) is 0 Å². The van der Waals surface area contributed by atoms with Gasteiger partial charge in [-0.25, -0.2) is 0 Å². The van der Waals surface area contributed by atoms with E-state index in [0.29, 0.717) is 0 Å². The van der Waals surface area contributed by atoms with Crippen LogP contribution in [0, 0.1) is 83.1 Å². The lowest BCUT2D eigenvalue weighted by Crippen LogP contribution is -2.10. The van der Waals surface area contributed by atoms with Crippen LogP contribution in [0.5, 0.6) is 0 Å². The van der Waals surface area contributed by atoms with Crippen molar-refractivity contribution >= 4 is 114 Å². The van der Waals surface area contributed by atoms with Gasteiger partial charge in [0.1, 0.15) is 0 Å². The molecule has 0 atom stereocenters. The molecule has 17 aromatic carbocycles. The molecule has 132 heavy (non-hydrogen) atoms. The van der Waals surface area contributed by atoms with Gasteiger partial charge < -0.3 is 16.0 Å². The third kappa shape index (κ3) is 24.3. The molecule has 0 aliphatic rings. The Morgan fingerprint density at radius 1 is 0.205 bits per heavy atom. The highest BCUT2D eigenvalue weighted by atomic mass is 79.9. The molecule has 0 aliphatic heterocycles. The summed E-state index contributed by atoms with van der Waals surface area (Å²) in [5.41, 5.74) is 57.0. The molecular formula is C124H120Br5N3. The fourth-order valence-corrected chi connectivity index (χ4v) is 19.9. The Balaban J connectivity index is 0.000000162. The Hall–Kier alpha value is -11.5. The molecule has 0 bridgehead atoms. The van der Waals surface area contributed by atoms with Gasteiger partial charge in [-0.2, -0.15) is 0 Å². The maximum Gasteiger partial charge on any atom is 0.0464 e. The summed E-state index contributed by atoms with van der Waals surface area (Å²) in [5.74, 6) is 0. The van der Waals surface area contributed by atoms with E-state index >= 15 is 0 Å². The van der Waals surface area contributed by atoms with E-state index < -0.39 is 0 Å². The van der Waals surface area contributed by atoms with Gasteiger partial charge >= 0.3 is 0 Å². The molecule has 17 rings (SSSR count). The molecule has 8 heteroatoms. The summed E-state index contributed by atoms with van der Waals surface area (Å²) in [6.45, 7) is 33.1. The summed E-state index contributed by atoms with van der Waals surface area (Å²) in [7, 11) is 0. The lowest BCUT2D eigenvalue weighted by Gasteiger charge is -2.27. The van der Waals surface area contributed by atoms with Gasteiger partial charge in [0, 0.05) is 56.5 Å². The molecule has 3 N–H and O–H groups in total. The first-order chi connectivity index (χ1) is 63.1. The van der Waals surface area contributed by atoms with Gasteiger partial charge in [-0.1, -0.05) is 333 Å². The number of nitrogen functional groups attached to an aromatic ring is 1. The molecule has 0 unspecified atom stereocenters. The average molecular weight is 2050 g/mol. The summed E-state index contributed by atoms with van der Waals surface area (Å²) in [5, 5.41) is 3.59. The number of aryl methyl sites for hydroxylation is 15. The zero-order chi connectivity index (χ0) is 92.7. The average Bonchev–Trinajstić information content (AvgIpc) is 0.673. The Morgan fingerprint density at radius 2 is 0.409 bits per heavy atom. The van der Waals surface area contributed by atoms with Crippen LogP contribution in [-0.2, 0) is 19.3 Å². The second kappa shape index (κ2) is 45.3. The number of anilines is 6. The highest BCUT2D eigenvalue weighted by molar-refractivity contribution is 9.11.